The van der Waals surface area contributed by atoms with Crippen molar-refractivity contribution >= 4 is 11.5 Å². The van der Waals surface area contributed by atoms with E-state index >= 15 is 0 Å². The van der Waals surface area contributed by atoms with Crippen LogP contribution < -0.4 is 11.1 Å². The smallest absolute Gasteiger partial charge is 0.130 e. The number of nitrogens with two attached hydrogens (primary N) is 1. The lowest BCUT2D eigenvalue weighted by Gasteiger charge is -2.06. The van der Waals surface area contributed by atoms with Crippen LogP contribution in [0.25, 0.3) is 0 Å². The van der Waals surface area contributed by atoms with Crippen molar-refractivity contribution in [1.29, 1.82) is 0 Å². The fraction of sp³-hybridized carbons (Fsp3) is 0.214. The Balaban J connectivity index is 1.73. The van der Waals surface area contributed by atoms with Gasteiger partial charge in [0.2, 0.25) is 0 Å². The van der Waals surface area contributed by atoms with E-state index < -0.39 is 0 Å². The van der Waals surface area contributed by atoms with E-state index in [9.17, 15) is 5.11 Å². The summed E-state index contributed by atoms with van der Waals surface area (Å²) in [5.74, 6) is 1.48. The number of anilines is 2. The van der Waals surface area contributed by atoms with Crippen LogP contribution in [0, 0.1) is 0 Å². The Bertz CT molecular complexity index is 553. The number of nitrogens with zero attached hydrogens (tertiary/aromatic N) is 1. The Hall–Kier alpha value is -2.07. The van der Waals surface area contributed by atoms with Crippen LogP contribution in [0.3, 0.4) is 0 Å². The molecular weight excluding hydrogens is 226 g/mol. The summed E-state index contributed by atoms with van der Waals surface area (Å²) < 4.78 is 0. The second kappa shape index (κ2) is 4.31. The molecule has 3 rings (SSSR count). The molecule has 18 heavy (non-hydrogen) atoms. The monoisotopic (exact) mass is 241 g/mol. The molecule has 0 amide bonds. The van der Waals surface area contributed by atoms with Gasteiger partial charge in [-0.2, -0.15) is 0 Å². The van der Waals surface area contributed by atoms with Gasteiger partial charge in [-0.3, -0.25) is 0 Å². The first-order valence-electron chi connectivity index (χ1n) is 6.00. The zero-order valence-corrected chi connectivity index (χ0v) is 9.88. The summed E-state index contributed by atoms with van der Waals surface area (Å²) in [5.41, 5.74) is 7.82. The molecule has 1 heterocycles. The lowest BCUT2D eigenvalue weighted by molar-refractivity contribution is 0.475. The van der Waals surface area contributed by atoms with Crippen LogP contribution in [0.5, 0.6) is 5.75 Å². The first kappa shape index (κ1) is 11.0. The van der Waals surface area contributed by atoms with Gasteiger partial charge in [0.15, 0.2) is 0 Å². The second-order valence-electron chi connectivity index (χ2n) is 4.66. The van der Waals surface area contributed by atoms with E-state index in [1.165, 1.54) is 5.56 Å². The maximum atomic E-state index is 9.37. The fourth-order valence-electron chi connectivity index (χ4n) is 2.03. The van der Waals surface area contributed by atoms with Crippen LogP contribution in [0.4, 0.5) is 11.5 Å². The number of nitrogens with one attached hydrogen (secondary N) is 1. The van der Waals surface area contributed by atoms with E-state index in [0.29, 0.717) is 12.0 Å². The Morgan fingerprint density at radius 1 is 1.28 bits per heavy atom. The first-order chi connectivity index (χ1) is 8.72. The molecule has 92 valence electrons. The van der Waals surface area contributed by atoms with Gasteiger partial charge >= 0.3 is 0 Å². The van der Waals surface area contributed by atoms with Gasteiger partial charge in [-0.1, -0.05) is 12.1 Å². The number of phenolic OH excluding ortho intramolecular Hbond substituents is 1. The molecule has 1 aliphatic carbocycles. The summed E-state index contributed by atoms with van der Waals surface area (Å²) in [5, 5.41) is 12.5. The van der Waals surface area contributed by atoms with Gasteiger partial charge in [0.05, 0.1) is 0 Å². The number of hydrogen-bond donors (Lipinski definition) is 3. The molecule has 0 unspecified atom stereocenters. The molecule has 0 saturated heterocycles. The Morgan fingerprint density at radius 2 is 2.11 bits per heavy atom. The third-order valence-corrected chi connectivity index (χ3v) is 3.17. The molecule has 1 aromatic heterocycles. The van der Waals surface area contributed by atoms with Crippen molar-refractivity contribution in [2.75, 3.05) is 5.32 Å². The summed E-state index contributed by atoms with van der Waals surface area (Å²) in [6, 6.07) is 11.3. The maximum Gasteiger partial charge on any atom is 0.130 e. The molecule has 4 heteroatoms. The molecule has 0 aliphatic heterocycles. The summed E-state index contributed by atoms with van der Waals surface area (Å²) in [6.45, 7) is 0. The normalized spacial score (nSPS) is 21.6. The highest BCUT2D eigenvalue weighted by Gasteiger charge is 2.34. The molecule has 0 radical (unpaired) electrons. The third kappa shape index (κ3) is 2.28. The minimum Gasteiger partial charge on any atom is -0.508 e. The van der Waals surface area contributed by atoms with Crippen molar-refractivity contribution in [3.05, 3.63) is 48.2 Å². The van der Waals surface area contributed by atoms with Crippen LogP contribution >= 0.6 is 0 Å². The van der Waals surface area contributed by atoms with Crippen molar-refractivity contribution in [3.63, 3.8) is 0 Å². The molecule has 1 aromatic carbocycles. The van der Waals surface area contributed by atoms with Gasteiger partial charge in [-0.05, 0) is 30.2 Å². The fourth-order valence-corrected chi connectivity index (χ4v) is 2.03. The highest BCUT2D eigenvalue weighted by Crippen LogP contribution is 2.38. The zero-order valence-electron chi connectivity index (χ0n) is 9.88. The van der Waals surface area contributed by atoms with Crippen LogP contribution in [0.15, 0.2) is 42.6 Å². The average Bonchev–Trinajstić information content (AvgIpc) is 3.07. The summed E-state index contributed by atoms with van der Waals surface area (Å²) in [6.07, 6.45) is 2.92. The Kier molecular flexibility index (Phi) is 2.64. The van der Waals surface area contributed by atoms with Gasteiger partial charge < -0.3 is 16.2 Å². The van der Waals surface area contributed by atoms with E-state index in [2.05, 4.69) is 16.4 Å². The van der Waals surface area contributed by atoms with Crippen LogP contribution in [-0.2, 0) is 0 Å². The number of hydrogen-bond acceptors (Lipinski definition) is 4. The summed E-state index contributed by atoms with van der Waals surface area (Å²) >= 11 is 0. The highest BCUT2D eigenvalue weighted by atomic mass is 16.3. The quantitative estimate of drug-likeness (QED) is 0.771. The largest absolute Gasteiger partial charge is 0.508 e. The number of aromatic hydroxyl groups is 1. The summed E-state index contributed by atoms with van der Waals surface area (Å²) in [4.78, 5) is 4.35. The molecule has 2 aromatic rings. The molecule has 2 atom stereocenters. The average molecular weight is 241 g/mol. The van der Waals surface area contributed by atoms with E-state index in [-0.39, 0.29) is 5.75 Å². The molecule has 0 spiro atoms. The summed E-state index contributed by atoms with van der Waals surface area (Å²) in [7, 11) is 0. The minimum atomic E-state index is 0.237. The lowest BCUT2D eigenvalue weighted by atomic mass is 10.2. The van der Waals surface area contributed by atoms with Gasteiger partial charge in [0.25, 0.3) is 0 Å². The van der Waals surface area contributed by atoms with Gasteiger partial charge in [-0.15, -0.1) is 0 Å². The van der Waals surface area contributed by atoms with Crippen molar-refractivity contribution in [2.45, 2.75) is 18.4 Å². The van der Waals surface area contributed by atoms with Crippen LogP contribution in [0.1, 0.15) is 17.9 Å². The highest BCUT2D eigenvalue weighted by molar-refractivity contribution is 5.58. The molecule has 1 aliphatic rings. The Labute approximate surface area is 105 Å². The SMILES string of the molecule is N[C@@H]1C[C@H]1c1ccc(Nc2cccc(O)c2)nc1. The first-order valence-corrected chi connectivity index (χ1v) is 6.00. The standard InChI is InChI=1S/C14H15N3O/c15-13-7-12(13)9-4-5-14(16-8-9)17-10-2-1-3-11(18)6-10/h1-6,8,12-13,18H,7,15H2,(H,16,17)/t12-,13+/m0/s1. The zero-order chi connectivity index (χ0) is 12.5. The molecule has 1 saturated carbocycles. The van der Waals surface area contributed by atoms with Gasteiger partial charge in [0.1, 0.15) is 11.6 Å². The molecule has 1 fully saturated rings. The van der Waals surface area contributed by atoms with Crippen molar-refractivity contribution in [1.82, 2.24) is 4.98 Å². The lowest BCUT2D eigenvalue weighted by Crippen LogP contribution is -2.01. The molecule has 4 nitrogen and oxygen atoms in total. The van der Waals surface area contributed by atoms with E-state index in [0.717, 1.165) is 17.9 Å². The molecular formula is C14H15N3O. The number of rotatable bonds is 3. The van der Waals surface area contributed by atoms with Crippen molar-refractivity contribution < 1.29 is 5.11 Å². The minimum absolute atomic E-state index is 0.237. The van der Waals surface area contributed by atoms with Crippen molar-refractivity contribution in [3.8, 4) is 5.75 Å². The number of pyridine rings is 1. The maximum absolute atomic E-state index is 9.37. The van der Waals surface area contributed by atoms with E-state index in [1.54, 1.807) is 18.2 Å². The molecule has 4 N–H and O–H groups in total. The van der Waals surface area contributed by atoms with Crippen molar-refractivity contribution in [2.24, 2.45) is 5.73 Å². The number of benzene rings is 1. The topological polar surface area (TPSA) is 71.2 Å². The predicted octanol–water partition coefficient (Wildman–Crippen LogP) is 2.35. The van der Waals surface area contributed by atoms with Crippen LogP contribution in [0.2, 0.25) is 0 Å². The molecule has 0 bridgehead atoms. The van der Waals surface area contributed by atoms with E-state index in [1.807, 2.05) is 18.3 Å². The van der Waals surface area contributed by atoms with Gasteiger partial charge in [0, 0.05) is 29.9 Å². The second-order valence-corrected chi connectivity index (χ2v) is 4.66. The Morgan fingerprint density at radius 3 is 2.72 bits per heavy atom. The third-order valence-electron chi connectivity index (χ3n) is 3.17. The number of phenols is 1. The van der Waals surface area contributed by atoms with Gasteiger partial charge in [-0.25, -0.2) is 4.98 Å². The predicted molar refractivity (Wildman–Crippen MR) is 71.0 cm³/mol. The van der Waals surface area contributed by atoms with Crippen LogP contribution in [-0.4, -0.2) is 16.1 Å². The number of aromatic nitrogens is 1. The van der Waals surface area contributed by atoms with E-state index in [4.69, 9.17) is 5.73 Å².